The number of rotatable bonds is 7. The summed E-state index contributed by atoms with van der Waals surface area (Å²) in [7, 11) is 0. The van der Waals surface area contributed by atoms with Gasteiger partial charge in [-0.15, -0.1) is 11.3 Å². The van der Waals surface area contributed by atoms with Crippen molar-refractivity contribution in [1.82, 2.24) is 10.2 Å². The lowest BCUT2D eigenvalue weighted by molar-refractivity contribution is -0.122. The lowest BCUT2D eigenvalue weighted by atomic mass is 10.1. The molecule has 0 radical (unpaired) electrons. The van der Waals surface area contributed by atoms with E-state index in [-0.39, 0.29) is 11.7 Å². The number of nitrogens with one attached hydrogen (secondary N) is 1. The van der Waals surface area contributed by atoms with Crippen molar-refractivity contribution in [1.29, 1.82) is 0 Å². The van der Waals surface area contributed by atoms with E-state index < -0.39 is 0 Å². The van der Waals surface area contributed by atoms with Crippen LogP contribution in [0.25, 0.3) is 0 Å². The summed E-state index contributed by atoms with van der Waals surface area (Å²) in [6.45, 7) is 6.26. The number of carbonyl (C=O) groups is 2. The molecule has 6 heteroatoms. The maximum absolute atomic E-state index is 12.1. The SMILES string of the molecule is CC(=O)c1ccc(N2CCN(CC(=O)NCCc3cccs3)CC2)cc1. The average molecular weight is 372 g/mol. The topological polar surface area (TPSA) is 52.7 Å². The Morgan fingerprint density at radius 2 is 1.81 bits per heavy atom. The second-order valence-corrected chi connectivity index (χ2v) is 7.58. The van der Waals surface area contributed by atoms with Crippen LogP contribution in [-0.2, 0) is 11.2 Å². The molecule has 26 heavy (non-hydrogen) atoms. The fourth-order valence-electron chi connectivity index (χ4n) is 3.11. The summed E-state index contributed by atoms with van der Waals surface area (Å²) >= 11 is 1.72. The molecule has 1 amide bonds. The highest BCUT2D eigenvalue weighted by atomic mass is 32.1. The van der Waals surface area contributed by atoms with Gasteiger partial charge in [0.1, 0.15) is 0 Å². The molecule has 1 aromatic carbocycles. The van der Waals surface area contributed by atoms with Crippen LogP contribution in [0.5, 0.6) is 0 Å². The number of Topliss-reactive ketones (excluding diaryl/α,β-unsaturated/α-hetero) is 1. The van der Waals surface area contributed by atoms with Gasteiger partial charge in [-0.3, -0.25) is 14.5 Å². The molecule has 0 bridgehead atoms. The second kappa shape index (κ2) is 8.96. The summed E-state index contributed by atoms with van der Waals surface area (Å²) in [6, 6.07) is 11.9. The maximum atomic E-state index is 12.1. The standard InChI is InChI=1S/C20H25N3O2S/c1-16(24)17-4-6-18(7-5-17)23-12-10-22(11-13-23)15-20(25)21-9-8-19-3-2-14-26-19/h2-7,14H,8-13,15H2,1H3,(H,21,25). The van der Waals surface area contributed by atoms with Gasteiger partial charge in [-0.1, -0.05) is 6.07 Å². The van der Waals surface area contributed by atoms with Gasteiger partial charge in [-0.2, -0.15) is 0 Å². The van der Waals surface area contributed by atoms with E-state index in [4.69, 9.17) is 0 Å². The molecule has 0 unspecified atom stereocenters. The third kappa shape index (κ3) is 5.16. The number of hydrogen-bond acceptors (Lipinski definition) is 5. The number of piperazine rings is 1. The van der Waals surface area contributed by atoms with E-state index in [1.165, 1.54) is 4.88 Å². The second-order valence-electron chi connectivity index (χ2n) is 6.55. The van der Waals surface area contributed by atoms with Crippen molar-refractivity contribution in [3.63, 3.8) is 0 Å². The van der Waals surface area contributed by atoms with Gasteiger partial charge in [0.15, 0.2) is 5.78 Å². The van der Waals surface area contributed by atoms with E-state index in [1.54, 1.807) is 18.3 Å². The Morgan fingerprint density at radius 1 is 1.08 bits per heavy atom. The molecule has 1 aliphatic heterocycles. The van der Waals surface area contributed by atoms with Crippen LogP contribution in [0.15, 0.2) is 41.8 Å². The highest BCUT2D eigenvalue weighted by molar-refractivity contribution is 7.09. The molecule has 0 spiro atoms. The number of carbonyl (C=O) groups excluding carboxylic acids is 2. The molecule has 0 saturated carbocycles. The Kier molecular flexibility index (Phi) is 6.41. The Balaban J connectivity index is 1.39. The normalized spacial score (nSPS) is 15.0. The van der Waals surface area contributed by atoms with Gasteiger partial charge < -0.3 is 10.2 Å². The molecule has 0 atom stereocenters. The minimum absolute atomic E-state index is 0.0893. The molecule has 1 fully saturated rings. The quantitative estimate of drug-likeness (QED) is 0.760. The summed E-state index contributed by atoms with van der Waals surface area (Å²) in [5.74, 6) is 0.187. The molecule has 5 nitrogen and oxygen atoms in total. The molecular formula is C20H25N3O2S. The molecule has 1 saturated heterocycles. The van der Waals surface area contributed by atoms with Gasteiger partial charge in [0.25, 0.3) is 0 Å². The number of nitrogens with zero attached hydrogens (tertiary/aromatic N) is 2. The molecule has 2 heterocycles. The van der Waals surface area contributed by atoms with Gasteiger partial charge in [-0.25, -0.2) is 0 Å². The van der Waals surface area contributed by atoms with E-state index in [2.05, 4.69) is 26.6 Å². The average Bonchev–Trinajstić information content (AvgIpc) is 3.16. The van der Waals surface area contributed by atoms with Crippen LogP contribution >= 0.6 is 11.3 Å². The van der Waals surface area contributed by atoms with E-state index >= 15 is 0 Å². The number of hydrogen-bond donors (Lipinski definition) is 1. The molecule has 0 aliphatic carbocycles. The zero-order valence-corrected chi connectivity index (χ0v) is 15.9. The Bertz CT molecular complexity index is 720. The van der Waals surface area contributed by atoms with Crippen molar-refractivity contribution in [2.45, 2.75) is 13.3 Å². The molecule has 138 valence electrons. The van der Waals surface area contributed by atoms with Crippen molar-refractivity contribution in [2.75, 3.05) is 44.2 Å². The zero-order valence-electron chi connectivity index (χ0n) is 15.1. The predicted molar refractivity (Wildman–Crippen MR) is 106 cm³/mol. The Hall–Kier alpha value is -2.18. The smallest absolute Gasteiger partial charge is 0.234 e. The summed E-state index contributed by atoms with van der Waals surface area (Å²) < 4.78 is 0. The molecular weight excluding hydrogens is 346 g/mol. The van der Waals surface area contributed by atoms with Gasteiger partial charge in [0, 0.05) is 48.9 Å². The monoisotopic (exact) mass is 371 g/mol. The van der Waals surface area contributed by atoms with Crippen LogP contribution in [0.4, 0.5) is 5.69 Å². The fraction of sp³-hybridized carbons (Fsp3) is 0.400. The summed E-state index contributed by atoms with van der Waals surface area (Å²) in [6.07, 6.45) is 0.896. The third-order valence-corrected chi connectivity index (χ3v) is 5.59. The number of amides is 1. The van der Waals surface area contributed by atoms with Crippen molar-refractivity contribution in [2.24, 2.45) is 0 Å². The Labute approximate surface area is 158 Å². The molecule has 1 aromatic heterocycles. The lowest BCUT2D eigenvalue weighted by Crippen LogP contribution is -2.49. The summed E-state index contributed by atoms with van der Waals surface area (Å²) in [4.78, 5) is 29.3. The maximum Gasteiger partial charge on any atom is 0.234 e. The third-order valence-electron chi connectivity index (χ3n) is 4.65. The highest BCUT2D eigenvalue weighted by Crippen LogP contribution is 2.17. The lowest BCUT2D eigenvalue weighted by Gasteiger charge is -2.35. The first-order chi connectivity index (χ1) is 12.6. The largest absolute Gasteiger partial charge is 0.369 e. The molecule has 1 N–H and O–H groups in total. The molecule has 1 aliphatic rings. The van der Waals surface area contributed by atoms with Crippen molar-refractivity contribution < 1.29 is 9.59 Å². The van der Waals surface area contributed by atoms with Gasteiger partial charge >= 0.3 is 0 Å². The van der Waals surface area contributed by atoms with Crippen LogP contribution in [0.1, 0.15) is 22.2 Å². The van der Waals surface area contributed by atoms with Crippen molar-refractivity contribution >= 4 is 28.7 Å². The van der Waals surface area contributed by atoms with E-state index in [9.17, 15) is 9.59 Å². The minimum atomic E-state index is 0.0893. The molecule has 3 rings (SSSR count). The van der Waals surface area contributed by atoms with Crippen LogP contribution in [0.2, 0.25) is 0 Å². The van der Waals surface area contributed by atoms with Crippen LogP contribution in [-0.4, -0.2) is 55.9 Å². The summed E-state index contributed by atoms with van der Waals surface area (Å²) in [5.41, 5.74) is 1.88. The van der Waals surface area contributed by atoms with E-state index in [1.807, 2.05) is 30.3 Å². The zero-order chi connectivity index (χ0) is 18.4. The number of anilines is 1. The first-order valence-corrected chi connectivity index (χ1v) is 9.87. The van der Waals surface area contributed by atoms with Gasteiger partial charge in [0.2, 0.25) is 5.91 Å². The number of thiophene rings is 1. The van der Waals surface area contributed by atoms with Crippen LogP contribution in [0.3, 0.4) is 0 Å². The fourth-order valence-corrected chi connectivity index (χ4v) is 3.82. The number of ketones is 1. The predicted octanol–water partition coefficient (Wildman–Crippen LogP) is 2.43. The van der Waals surface area contributed by atoms with Gasteiger partial charge in [-0.05, 0) is 49.1 Å². The van der Waals surface area contributed by atoms with Crippen molar-refractivity contribution in [3.8, 4) is 0 Å². The first kappa shape index (κ1) is 18.6. The van der Waals surface area contributed by atoms with Crippen LogP contribution < -0.4 is 10.2 Å². The highest BCUT2D eigenvalue weighted by Gasteiger charge is 2.19. The van der Waals surface area contributed by atoms with Crippen molar-refractivity contribution in [3.05, 3.63) is 52.2 Å². The van der Waals surface area contributed by atoms with Crippen LogP contribution in [0, 0.1) is 0 Å². The van der Waals surface area contributed by atoms with E-state index in [0.717, 1.165) is 43.9 Å². The Morgan fingerprint density at radius 3 is 2.42 bits per heavy atom. The van der Waals surface area contributed by atoms with E-state index in [0.29, 0.717) is 13.1 Å². The summed E-state index contributed by atoms with van der Waals surface area (Å²) in [5, 5.41) is 5.07. The number of benzene rings is 1. The first-order valence-electron chi connectivity index (χ1n) is 8.99. The molecule has 2 aromatic rings. The van der Waals surface area contributed by atoms with Gasteiger partial charge in [0.05, 0.1) is 6.54 Å². The minimum Gasteiger partial charge on any atom is -0.369 e.